The number of fused-ring (bicyclic) bond motifs is 1. The molecule has 0 spiro atoms. The zero-order valence-corrected chi connectivity index (χ0v) is 12.9. The van der Waals surface area contributed by atoms with Crippen LogP contribution in [0.2, 0.25) is 0 Å². The highest BCUT2D eigenvalue weighted by Crippen LogP contribution is 2.20. The monoisotopic (exact) mass is 315 g/mol. The molecule has 7 nitrogen and oxygen atoms in total. The van der Waals surface area contributed by atoms with E-state index in [2.05, 4.69) is 9.97 Å². The summed E-state index contributed by atoms with van der Waals surface area (Å²) in [7, 11) is 1.61. The van der Waals surface area contributed by atoms with Crippen LogP contribution in [0.3, 0.4) is 0 Å². The van der Waals surface area contributed by atoms with E-state index >= 15 is 0 Å². The van der Waals surface area contributed by atoms with E-state index in [-0.39, 0.29) is 11.9 Å². The minimum atomic E-state index is -0.300. The predicted molar refractivity (Wildman–Crippen MR) is 85.1 cm³/mol. The van der Waals surface area contributed by atoms with Gasteiger partial charge < -0.3 is 15.2 Å². The second kappa shape index (κ2) is 6.78. The number of hydrogen-bond donors (Lipinski definition) is 1. The first kappa shape index (κ1) is 15.5. The maximum absolute atomic E-state index is 11.1. The Morgan fingerprint density at radius 3 is 3.00 bits per heavy atom. The molecule has 1 radical (unpaired) electrons. The third kappa shape index (κ3) is 3.50. The van der Waals surface area contributed by atoms with Crippen LogP contribution in [0.25, 0.3) is 11.0 Å². The van der Waals surface area contributed by atoms with Gasteiger partial charge in [-0.1, -0.05) is 0 Å². The first-order chi connectivity index (χ1) is 11.2. The van der Waals surface area contributed by atoms with Gasteiger partial charge in [0.2, 0.25) is 11.8 Å². The van der Waals surface area contributed by atoms with Gasteiger partial charge in [0.25, 0.3) is 0 Å². The molecule has 1 fully saturated rings. The Morgan fingerprint density at radius 2 is 2.30 bits per heavy atom. The molecule has 1 atom stereocenters. The number of nitrogens with two attached hydrogens (primary N) is 1. The summed E-state index contributed by atoms with van der Waals surface area (Å²) in [5, 5.41) is 0. The number of primary amides is 1. The van der Waals surface area contributed by atoms with Crippen LogP contribution in [0.15, 0.2) is 24.4 Å². The van der Waals surface area contributed by atoms with Crippen LogP contribution in [-0.4, -0.2) is 53.6 Å². The Labute approximate surface area is 134 Å². The molecule has 0 saturated carbocycles. The van der Waals surface area contributed by atoms with Crippen molar-refractivity contribution in [3.63, 3.8) is 0 Å². The number of methoxy groups -OCH3 is 1. The Morgan fingerprint density at radius 1 is 1.43 bits per heavy atom. The minimum Gasteiger partial charge on any atom is -0.497 e. The maximum atomic E-state index is 11.1. The number of likely N-dealkylation sites (tertiary alicyclic amines) is 1. The van der Waals surface area contributed by atoms with Gasteiger partial charge in [-0.25, -0.2) is 9.97 Å². The summed E-state index contributed by atoms with van der Waals surface area (Å²) >= 11 is 0. The van der Waals surface area contributed by atoms with Crippen molar-refractivity contribution in [1.29, 1.82) is 0 Å². The molecule has 2 aromatic rings. The third-order valence-corrected chi connectivity index (χ3v) is 3.81. The Hall–Kier alpha value is -2.41. The highest BCUT2D eigenvalue weighted by Gasteiger charge is 2.31. The van der Waals surface area contributed by atoms with Crippen LogP contribution < -0.4 is 15.2 Å². The van der Waals surface area contributed by atoms with Crippen molar-refractivity contribution in [3.8, 4) is 11.6 Å². The van der Waals surface area contributed by atoms with Gasteiger partial charge in [-0.05, 0) is 18.6 Å². The van der Waals surface area contributed by atoms with E-state index in [4.69, 9.17) is 15.2 Å². The Balaban J connectivity index is 1.52. The zero-order valence-electron chi connectivity index (χ0n) is 12.9. The molecule has 121 valence electrons. The SMILES string of the molecule is COc1ccc2ncc(OCCCN3C[CH]C3C(N)=O)nc2c1. The molecular formula is C16H19N4O3. The molecule has 7 heteroatoms. The van der Waals surface area contributed by atoms with Crippen molar-refractivity contribution < 1.29 is 14.3 Å². The highest BCUT2D eigenvalue weighted by molar-refractivity contribution is 5.82. The lowest BCUT2D eigenvalue weighted by Gasteiger charge is -2.38. The number of benzene rings is 1. The number of carbonyl (C=O) groups excluding carboxylic acids is 1. The summed E-state index contributed by atoms with van der Waals surface area (Å²) in [4.78, 5) is 21.9. The van der Waals surface area contributed by atoms with Gasteiger partial charge in [-0.2, -0.15) is 0 Å². The molecule has 1 unspecified atom stereocenters. The maximum Gasteiger partial charge on any atom is 0.235 e. The lowest BCUT2D eigenvalue weighted by molar-refractivity contribution is -0.124. The van der Waals surface area contributed by atoms with Crippen molar-refractivity contribution in [1.82, 2.24) is 14.9 Å². The lowest BCUT2D eigenvalue weighted by atomic mass is 10.0. The Kier molecular flexibility index (Phi) is 4.57. The summed E-state index contributed by atoms with van der Waals surface area (Å²) in [5.74, 6) is 0.911. The van der Waals surface area contributed by atoms with Gasteiger partial charge in [0, 0.05) is 25.6 Å². The average molecular weight is 315 g/mol. The van der Waals surface area contributed by atoms with E-state index < -0.39 is 0 Å². The van der Waals surface area contributed by atoms with Crippen LogP contribution in [0.4, 0.5) is 0 Å². The number of hydrogen-bond acceptors (Lipinski definition) is 6. The van der Waals surface area contributed by atoms with Gasteiger partial charge in [-0.15, -0.1) is 0 Å². The second-order valence-corrected chi connectivity index (χ2v) is 5.34. The van der Waals surface area contributed by atoms with Gasteiger partial charge in [-0.3, -0.25) is 9.69 Å². The van der Waals surface area contributed by atoms with E-state index in [1.807, 2.05) is 29.5 Å². The molecule has 2 heterocycles. The van der Waals surface area contributed by atoms with Crippen molar-refractivity contribution in [3.05, 3.63) is 30.8 Å². The molecule has 3 rings (SSSR count). The fourth-order valence-electron chi connectivity index (χ4n) is 2.50. The molecule has 1 amide bonds. The topological polar surface area (TPSA) is 90.6 Å². The van der Waals surface area contributed by atoms with Crippen molar-refractivity contribution >= 4 is 16.9 Å². The number of nitrogens with zero attached hydrogens (tertiary/aromatic N) is 3. The van der Waals surface area contributed by atoms with E-state index in [0.29, 0.717) is 12.5 Å². The molecule has 1 saturated heterocycles. The summed E-state index contributed by atoms with van der Waals surface area (Å²) in [6.07, 6.45) is 4.30. The molecule has 1 aromatic heterocycles. The molecule has 0 bridgehead atoms. The molecular weight excluding hydrogens is 296 g/mol. The van der Waals surface area contributed by atoms with Crippen LogP contribution in [0.5, 0.6) is 11.6 Å². The van der Waals surface area contributed by atoms with Crippen LogP contribution in [-0.2, 0) is 4.79 Å². The number of carbonyl (C=O) groups is 1. The van der Waals surface area contributed by atoms with E-state index in [0.717, 1.165) is 36.3 Å². The van der Waals surface area contributed by atoms with E-state index in [9.17, 15) is 4.79 Å². The fraction of sp³-hybridized carbons (Fsp3) is 0.375. The second-order valence-electron chi connectivity index (χ2n) is 5.34. The number of rotatable bonds is 7. The summed E-state index contributed by atoms with van der Waals surface area (Å²) in [5.41, 5.74) is 6.81. The first-order valence-electron chi connectivity index (χ1n) is 7.47. The van der Waals surface area contributed by atoms with Gasteiger partial charge >= 0.3 is 0 Å². The Bertz CT molecular complexity index is 707. The summed E-state index contributed by atoms with van der Waals surface area (Å²) < 4.78 is 10.8. The standard InChI is InChI=1S/C16H19N4O3/c1-22-11-3-4-12-13(9-11)19-15(10-18-12)23-8-2-6-20-7-5-14(20)16(17)21/h3-5,9-10,14H,2,6-8H2,1H3,(H2,17,21). The molecule has 1 aliphatic rings. The fourth-order valence-corrected chi connectivity index (χ4v) is 2.50. The summed E-state index contributed by atoms with van der Waals surface area (Å²) in [6, 6.07) is 5.29. The predicted octanol–water partition coefficient (Wildman–Crippen LogP) is 0.781. The normalized spacial score (nSPS) is 17.7. The van der Waals surface area contributed by atoms with Gasteiger partial charge in [0.05, 0.1) is 37.0 Å². The van der Waals surface area contributed by atoms with Crippen molar-refractivity contribution in [2.75, 3.05) is 26.8 Å². The van der Waals surface area contributed by atoms with Crippen molar-refractivity contribution in [2.45, 2.75) is 12.5 Å². The van der Waals surface area contributed by atoms with Crippen molar-refractivity contribution in [2.24, 2.45) is 5.73 Å². The first-order valence-corrected chi connectivity index (χ1v) is 7.47. The molecule has 0 aliphatic carbocycles. The van der Waals surface area contributed by atoms with E-state index in [1.54, 1.807) is 13.3 Å². The molecule has 23 heavy (non-hydrogen) atoms. The summed E-state index contributed by atoms with van der Waals surface area (Å²) in [6.45, 7) is 2.06. The van der Waals surface area contributed by atoms with Gasteiger partial charge in [0.15, 0.2) is 0 Å². The van der Waals surface area contributed by atoms with Gasteiger partial charge in [0.1, 0.15) is 5.75 Å². The smallest absolute Gasteiger partial charge is 0.235 e. The highest BCUT2D eigenvalue weighted by atomic mass is 16.5. The zero-order chi connectivity index (χ0) is 16.2. The number of amides is 1. The van der Waals surface area contributed by atoms with E-state index in [1.165, 1.54) is 0 Å². The quantitative estimate of drug-likeness (QED) is 0.759. The molecule has 1 aromatic carbocycles. The van der Waals surface area contributed by atoms with Crippen LogP contribution in [0.1, 0.15) is 6.42 Å². The lowest BCUT2D eigenvalue weighted by Crippen LogP contribution is -2.55. The third-order valence-electron chi connectivity index (χ3n) is 3.81. The minimum absolute atomic E-state index is 0.233. The largest absolute Gasteiger partial charge is 0.497 e. The number of aromatic nitrogens is 2. The average Bonchev–Trinajstić information content (AvgIpc) is 2.52. The molecule has 1 aliphatic heterocycles. The number of ether oxygens (including phenoxy) is 2. The van der Waals surface area contributed by atoms with Crippen LogP contribution in [0, 0.1) is 6.42 Å². The van der Waals surface area contributed by atoms with Crippen LogP contribution >= 0.6 is 0 Å². The molecule has 2 N–H and O–H groups in total.